The molecule has 0 saturated carbocycles. The molecule has 1 aliphatic carbocycles. The molecule has 19 heavy (non-hydrogen) atoms. The van der Waals surface area contributed by atoms with Crippen LogP contribution in [0.4, 0.5) is 5.69 Å². The monoisotopic (exact) mass is 261 g/mol. The van der Waals surface area contributed by atoms with Gasteiger partial charge in [0.2, 0.25) is 0 Å². The van der Waals surface area contributed by atoms with Gasteiger partial charge in [0.1, 0.15) is 0 Å². The van der Waals surface area contributed by atoms with Crippen LogP contribution in [0.1, 0.15) is 43.2 Å². The van der Waals surface area contributed by atoms with Crippen LogP contribution >= 0.6 is 0 Å². The van der Waals surface area contributed by atoms with Crippen molar-refractivity contribution in [1.29, 1.82) is 0 Å². The van der Waals surface area contributed by atoms with E-state index in [9.17, 15) is 4.79 Å². The average Bonchev–Trinajstić information content (AvgIpc) is 2.42. The van der Waals surface area contributed by atoms with E-state index in [4.69, 9.17) is 5.11 Å². The molecule has 0 unspecified atom stereocenters. The zero-order valence-corrected chi connectivity index (χ0v) is 11.7. The Morgan fingerprint density at radius 3 is 2.68 bits per heavy atom. The number of hydrogen-bond donors (Lipinski definition) is 1. The summed E-state index contributed by atoms with van der Waals surface area (Å²) in [5, 5.41) is 8.61. The van der Waals surface area contributed by atoms with E-state index in [-0.39, 0.29) is 6.42 Å². The van der Waals surface area contributed by atoms with Gasteiger partial charge in [-0.1, -0.05) is 6.07 Å². The first-order valence-electron chi connectivity index (χ1n) is 7.21. The van der Waals surface area contributed by atoms with Gasteiger partial charge in [-0.15, -0.1) is 0 Å². The van der Waals surface area contributed by atoms with Gasteiger partial charge < -0.3 is 10.0 Å². The van der Waals surface area contributed by atoms with E-state index in [2.05, 4.69) is 30.1 Å². The van der Waals surface area contributed by atoms with Crippen LogP contribution in [0.25, 0.3) is 0 Å². The molecule has 0 atom stereocenters. The van der Waals surface area contributed by atoms with Crippen molar-refractivity contribution in [2.75, 3.05) is 18.5 Å². The molecule has 0 saturated heterocycles. The van der Waals surface area contributed by atoms with Gasteiger partial charge in [-0.05, 0) is 61.8 Å². The fourth-order valence-electron chi connectivity index (χ4n) is 2.71. The second-order valence-electron chi connectivity index (χ2n) is 5.43. The predicted molar refractivity (Wildman–Crippen MR) is 77.8 cm³/mol. The molecule has 0 radical (unpaired) electrons. The minimum atomic E-state index is -0.698. The van der Waals surface area contributed by atoms with Crippen molar-refractivity contribution in [3.05, 3.63) is 29.3 Å². The fraction of sp³-hybridized carbons (Fsp3) is 0.562. The van der Waals surface area contributed by atoms with Gasteiger partial charge in [0, 0.05) is 25.7 Å². The van der Waals surface area contributed by atoms with Crippen molar-refractivity contribution >= 4 is 11.7 Å². The summed E-state index contributed by atoms with van der Waals surface area (Å²) in [7, 11) is 2.09. The van der Waals surface area contributed by atoms with Crippen LogP contribution in [0.2, 0.25) is 0 Å². The summed E-state index contributed by atoms with van der Waals surface area (Å²) < 4.78 is 0. The molecule has 0 bridgehead atoms. The number of hydrogen-bond acceptors (Lipinski definition) is 2. The van der Waals surface area contributed by atoms with Gasteiger partial charge >= 0.3 is 5.97 Å². The van der Waals surface area contributed by atoms with E-state index in [0.29, 0.717) is 0 Å². The third kappa shape index (κ3) is 3.98. The van der Waals surface area contributed by atoms with E-state index in [1.54, 1.807) is 0 Å². The maximum Gasteiger partial charge on any atom is 0.303 e. The normalized spacial score (nSPS) is 13.9. The lowest BCUT2D eigenvalue weighted by molar-refractivity contribution is -0.137. The Bertz CT molecular complexity index is 442. The van der Waals surface area contributed by atoms with Crippen molar-refractivity contribution < 1.29 is 9.90 Å². The first kappa shape index (κ1) is 13.9. The Labute approximate surface area is 115 Å². The number of fused-ring (bicyclic) bond motifs is 1. The van der Waals surface area contributed by atoms with E-state index >= 15 is 0 Å². The highest BCUT2D eigenvalue weighted by molar-refractivity contribution is 5.66. The standard InChI is InChI=1S/C16H23NO2/c1-17(11-5-4-8-16(18)19)15-10-9-13-6-2-3-7-14(13)12-15/h9-10,12H,2-8,11H2,1H3,(H,18,19). The second kappa shape index (κ2) is 6.60. The van der Waals surface area contributed by atoms with Crippen LogP contribution in [-0.4, -0.2) is 24.7 Å². The first-order valence-corrected chi connectivity index (χ1v) is 7.21. The molecule has 0 aliphatic heterocycles. The van der Waals surface area contributed by atoms with Gasteiger partial charge in [-0.25, -0.2) is 0 Å². The summed E-state index contributed by atoms with van der Waals surface area (Å²) >= 11 is 0. The second-order valence-corrected chi connectivity index (χ2v) is 5.43. The van der Waals surface area contributed by atoms with E-state index in [0.717, 1.165) is 19.4 Å². The minimum absolute atomic E-state index is 0.276. The lowest BCUT2D eigenvalue weighted by Crippen LogP contribution is -2.19. The van der Waals surface area contributed by atoms with E-state index in [1.807, 2.05) is 0 Å². The van der Waals surface area contributed by atoms with E-state index < -0.39 is 5.97 Å². The summed E-state index contributed by atoms with van der Waals surface area (Å²) in [6.45, 7) is 0.923. The van der Waals surface area contributed by atoms with Crippen molar-refractivity contribution in [2.45, 2.75) is 44.9 Å². The highest BCUT2D eigenvalue weighted by Crippen LogP contribution is 2.25. The molecule has 0 spiro atoms. The van der Waals surface area contributed by atoms with Crippen molar-refractivity contribution in [3.63, 3.8) is 0 Å². The number of carbonyl (C=O) groups is 1. The highest BCUT2D eigenvalue weighted by atomic mass is 16.4. The Balaban J connectivity index is 1.88. The minimum Gasteiger partial charge on any atom is -0.481 e. The number of aryl methyl sites for hydroxylation is 2. The SMILES string of the molecule is CN(CCCCC(=O)O)c1ccc2c(c1)CCCC2. The molecule has 0 fully saturated rings. The zero-order chi connectivity index (χ0) is 13.7. The van der Waals surface area contributed by atoms with Crippen LogP contribution in [0.3, 0.4) is 0 Å². The number of benzene rings is 1. The summed E-state index contributed by atoms with van der Waals surface area (Å²) in [5.74, 6) is -0.698. The van der Waals surface area contributed by atoms with Crippen molar-refractivity contribution in [2.24, 2.45) is 0 Å². The Morgan fingerprint density at radius 2 is 1.95 bits per heavy atom. The lowest BCUT2D eigenvalue weighted by Gasteiger charge is -2.23. The molecule has 1 N–H and O–H groups in total. The van der Waals surface area contributed by atoms with Gasteiger partial charge in [0.05, 0.1) is 0 Å². The Morgan fingerprint density at radius 1 is 1.21 bits per heavy atom. The topological polar surface area (TPSA) is 40.5 Å². The van der Waals surface area contributed by atoms with Gasteiger partial charge in [0.25, 0.3) is 0 Å². The summed E-state index contributed by atoms with van der Waals surface area (Å²) in [5.41, 5.74) is 4.27. The van der Waals surface area contributed by atoms with Gasteiger partial charge in [-0.2, -0.15) is 0 Å². The Hall–Kier alpha value is -1.51. The number of carboxylic acid groups (broad SMARTS) is 1. The zero-order valence-electron chi connectivity index (χ0n) is 11.7. The maximum atomic E-state index is 10.5. The molecule has 0 aromatic heterocycles. The smallest absolute Gasteiger partial charge is 0.303 e. The molecule has 104 valence electrons. The maximum absolute atomic E-state index is 10.5. The third-order valence-electron chi connectivity index (χ3n) is 3.91. The number of aliphatic carboxylic acids is 1. The molecule has 1 aromatic carbocycles. The van der Waals surface area contributed by atoms with E-state index in [1.165, 1.54) is 42.5 Å². The van der Waals surface area contributed by atoms with Crippen LogP contribution in [0.15, 0.2) is 18.2 Å². The summed E-state index contributed by atoms with van der Waals surface area (Å²) in [6, 6.07) is 6.77. The fourth-order valence-corrected chi connectivity index (χ4v) is 2.71. The van der Waals surface area contributed by atoms with Crippen LogP contribution in [0.5, 0.6) is 0 Å². The first-order chi connectivity index (χ1) is 9.16. The average molecular weight is 261 g/mol. The number of unbranched alkanes of at least 4 members (excludes halogenated alkanes) is 1. The number of anilines is 1. The molecule has 0 heterocycles. The molecule has 3 heteroatoms. The molecular weight excluding hydrogens is 238 g/mol. The predicted octanol–water partition coefficient (Wildman–Crippen LogP) is 3.26. The highest BCUT2D eigenvalue weighted by Gasteiger charge is 2.10. The number of nitrogens with zero attached hydrogens (tertiary/aromatic N) is 1. The van der Waals surface area contributed by atoms with Gasteiger partial charge in [0.15, 0.2) is 0 Å². The quantitative estimate of drug-likeness (QED) is 0.799. The number of carboxylic acids is 1. The Kier molecular flexibility index (Phi) is 4.83. The van der Waals surface area contributed by atoms with Crippen LogP contribution in [-0.2, 0) is 17.6 Å². The van der Waals surface area contributed by atoms with Crippen LogP contribution < -0.4 is 4.90 Å². The summed E-state index contributed by atoms with van der Waals surface area (Å²) in [4.78, 5) is 12.7. The molecule has 1 aliphatic rings. The molecule has 0 amide bonds. The number of rotatable bonds is 6. The molecule has 3 nitrogen and oxygen atoms in total. The molecule has 1 aromatic rings. The lowest BCUT2D eigenvalue weighted by atomic mass is 9.91. The van der Waals surface area contributed by atoms with Crippen LogP contribution in [0, 0.1) is 0 Å². The summed E-state index contributed by atoms with van der Waals surface area (Å²) in [6.07, 6.45) is 7.01. The largest absolute Gasteiger partial charge is 0.481 e. The van der Waals surface area contributed by atoms with Crippen molar-refractivity contribution in [1.82, 2.24) is 0 Å². The third-order valence-corrected chi connectivity index (χ3v) is 3.91. The molecular formula is C16H23NO2. The van der Waals surface area contributed by atoms with Gasteiger partial charge in [-0.3, -0.25) is 4.79 Å². The molecule has 2 rings (SSSR count). The van der Waals surface area contributed by atoms with Crippen molar-refractivity contribution in [3.8, 4) is 0 Å².